The van der Waals surface area contributed by atoms with E-state index < -0.39 is 0 Å². The van der Waals surface area contributed by atoms with E-state index >= 15 is 0 Å². The van der Waals surface area contributed by atoms with E-state index in [-0.39, 0.29) is 13.0 Å². The van der Waals surface area contributed by atoms with Gasteiger partial charge in [0, 0.05) is 22.2 Å². The lowest BCUT2D eigenvalue weighted by molar-refractivity contribution is 0.220. The van der Waals surface area contributed by atoms with Crippen molar-refractivity contribution in [3.8, 4) is 23.0 Å². The summed E-state index contributed by atoms with van der Waals surface area (Å²) in [6.45, 7) is 7.41. The summed E-state index contributed by atoms with van der Waals surface area (Å²) in [5, 5.41) is 1.23. The van der Waals surface area contributed by atoms with E-state index in [0.717, 1.165) is 35.5 Å². The molecule has 0 saturated heterocycles. The van der Waals surface area contributed by atoms with E-state index in [9.17, 15) is 0 Å². The van der Waals surface area contributed by atoms with E-state index in [1.807, 2.05) is 32.0 Å². The zero-order chi connectivity index (χ0) is 22.0. The minimum Gasteiger partial charge on any atom is -0.492 e. The van der Waals surface area contributed by atoms with Crippen molar-refractivity contribution >= 4 is 28.8 Å². The van der Waals surface area contributed by atoms with Crippen molar-refractivity contribution in [1.29, 1.82) is 0 Å². The standard InChI is InChI=1S/C25H26Cl2O4.CH4/c1-16-13-18(28-12-9-17(2)26)14-21(27)23(16)30-11-5-4-10-29-22-8-6-7-19-20-15-25(20,3)31-24(19)22;/h6-9,13-15H,4-5,10-12H2,1-3H3;1H4/b17-9-;. The largest absolute Gasteiger partial charge is 0.492 e. The summed E-state index contributed by atoms with van der Waals surface area (Å²) in [7, 11) is 0. The lowest BCUT2D eigenvalue weighted by Gasteiger charge is -2.14. The van der Waals surface area contributed by atoms with Gasteiger partial charge in [0.25, 0.3) is 0 Å². The molecule has 2 aromatic rings. The topological polar surface area (TPSA) is 36.9 Å². The molecule has 32 heavy (non-hydrogen) atoms. The molecule has 0 aromatic heterocycles. The first-order chi connectivity index (χ1) is 14.9. The van der Waals surface area contributed by atoms with Crippen LogP contribution in [-0.4, -0.2) is 25.4 Å². The molecule has 2 aliphatic rings. The van der Waals surface area contributed by atoms with Crippen LogP contribution in [0.2, 0.25) is 5.02 Å². The maximum Gasteiger partial charge on any atom is 0.170 e. The van der Waals surface area contributed by atoms with Gasteiger partial charge in [-0.2, -0.15) is 0 Å². The molecule has 6 heteroatoms. The van der Waals surface area contributed by atoms with Crippen LogP contribution in [0.25, 0.3) is 5.57 Å². The Hall–Kier alpha value is -2.30. The van der Waals surface area contributed by atoms with Gasteiger partial charge in [0.2, 0.25) is 0 Å². The van der Waals surface area contributed by atoms with Gasteiger partial charge in [-0.05, 0) is 63.5 Å². The van der Waals surface area contributed by atoms with Crippen LogP contribution in [0.1, 0.15) is 45.2 Å². The number of para-hydroxylation sites is 1. The number of hydrogen-bond donors (Lipinski definition) is 0. The Morgan fingerprint density at radius 1 is 1.12 bits per heavy atom. The molecule has 0 radical (unpaired) electrons. The van der Waals surface area contributed by atoms with E-state index in [0.29, 0.717) is 41.4 Å². The molecule has 0 bridgehead atoms. The van der Waals surface area contributed by atoms with Crippen molar-refractivity contribution in [2.75, 3.05) is 19.8 Å². The molecule has 1 aliphatic carbocycles. The molecule has 4 nitrogen and oxygen atoms in total. The summed E-state index contributed by atoms with van der Waals surface area (Å²) in [5.74, 6) is 3.05. The maximum atomic E-state index is 6.39. The average molecular weight is 477 g/mol. The molecular formula is C26H30Cl2O4. The minimum atomic E-state index is -0.215. The predicted octanol–water partition coefficient (Wildman–Crippen LogP) is 7.59. The van der Waals surface area contributed by atoms with Gasteiger partial charge in [-0.1, -0.05) is 42.8 Å². The summed E-state index contributed by atoms with van der Waals surface area (Å²) >= 11 is 12.2. The number of rotatable bonds is 10. The highest BCUT2D eigenvalue weighted by atomic mass is 35.5. The molecule has 0 N–H and O–H groups in total. The molecule has 1 heterocycles. The zero-order valence-electron chi connectivity index (χ0n) is 18.0. The normalized spacial score (nSPS) is 18.0. The van der Waals surface area contributed by atoms with E-state index in [1.165, 1.54) is 5.57 Å². The Morgan fingerprint density at radius 2 is 1.88 bits per heavy atom. The Kier molecular flexibility index (Phi) is 7.68. The van der Waals surface area contributed by atoms with E-state index in [2.05, 4.69) is 19.1 Å². The van der Waals surface area contributed by atoms with Crippen LogP contribution in [0.3, 0.4) is 0 Å². The number of fused-ring (bicyclic) bond motifs is 3. The number of benzene rings is 2. The number of unbranched alkanes of at least 4 members (excludes halogenated alkanes) is 1. The highest BCUT2D eigenvalue weighted by molar-refractivity contribution is 6.32. The van der Waals surface area contributed by atoms with Crippen molar-refractivity contribution in [3.05, 3.63) is 63.7 Å². The van der Waals surface area contributed by atoms with Gasteiger partial charge >= 0.3 is 0 Å². The van der Waals surface area contributed by atoms with Crippen LogP contribution in [0.4, 0.5) is 0 Å². The predicted molar refractivity (Wildman–Crippen MR) is 132 cm³/mol. The van der Waals surface area contributed by atoms with Gasteiger partial charge < -0.3 is 18.9 Å². The Labute approximate surface area is 200 Å². The van der Waals surface area contributed by atoms with Gasteiger partial charge in [-0.3, -0.25) is 0 Å². The fraction of sp³-hybridized carbons (Fsp3) is 0.385. The van der Waals surface area contributed by atoms with Gasteiger partial charge in [-0.25, -0.2) is 0 Å². The van der Waals surface area contributed by atoms with Crippen LogP contribution < -0.4 is 18.9 Å². The van der Waals surface area contributed by atoms with Gasteiger partial charge in [0.15, 0.2) is 17.1 Å². The fourth-order valence-electron chi connectivity index (χ4n) is 3.61. The molecule has 0 fully saturated rings. The van der Waals surface area contributed by atoms with Crippen LogP contribution in [0, 0.1) is 6.92 Å². The molecule has 4 rings (SSSR count). The second-order valence-electron chi connectivity index (χ2n) is 7.96. The van der Waals surface area contributed by atoms with E-state index in [4.69, 9.17) is 42.1 Å². The number of hydrogen-bond acceptors (Lipinski definition) is 4. The molecular weight excluding hydrogens is 447 g/mol. The molecule has 1 unspecified atom stereocenters. The average Bonchev–Trinajstić information content (AvgIpc) is 3.28. The van der Waals surface area contributed by atoms with Gasteiger partial charge in [0.05, 0.1) is 18.2 Å². The third-order valence-electron chi connectivity index (χ3n) is 5.31. The molecule has 1 aliphatic heterocycles. The summed E-state index contributed by atoms with van der Waals surface area (Å²) in [5.41, 5.74) is 3.13. The summed E-state index contributed by atoms with van der Waals surface area (Å²) in [6.07, 6.45) is 5.66. The first kappa shape index (κ1) is 24.3. The second kappa shape index (κ2) is 10.1. The minimum absolute atomic E-state index is 0. The van der Waals surface area contributed by atoms with Crippen LogP contribution in [0.15, 0.2) is 47.5 Å². The SMILES string of the molecule is C.C/C(Cl)=C/COc1cc(C)c(OCCCCOc2cccc3c2OC2(C)C=C32)c(Cl)c1. The third kappa shape index (κ3) is 5.36. The monoisotopic (exact) mass is 476 g/mol. The summed E-state index contributed by atoms with van der Waals surface area (Å²) in [6, 6.07) is 9.73. The number of ether oxygens (including phenoxy) is 4. The molecule has 0 amide bonds. The molecule has 0 saturated carbocycles. The number of aryl methyl sites for hydroxylation is 1. The zero-order valence-corrected chi connectivity index (χ0v) is 19.5. The lowest BCUT2D eigenvalue weighted by atomic mass is 10.1. The van der Waals surface area contributed by atoms with Crippen LogP contribution in [0.5, 0.6) is 23.0 Å². The van der Waals surface area contributed by atoms with Crippen molar-refractivity contribution in [3.63, 3.8) is 0 Å². The highest BCUT2D eigenvalue weighted by Crippen LogP contribution is 2.57. The highest BCUT2D eigenvalue weighted by Gasteiger charge is 2.50. The molecule has 0 spiro atoms. The van der Waals surface area contributed by atoms with Gasteiger partial charge in [-0.15, -0.1) is 0 Å². The molecule has 1 atom stereocenters. The maximum absolute atomic E-state index is 6.39. The fourth-order valence-corrected chi connectivity index (χ4v) is 3.98. The quantitative estimate of drug-likeness (QED) is 0.331. The lowest BCUT2D eigenvalue weighted by Crippen LogP contribution is -2.12. The van der Waals surface area contributed by atoms with Crippen LogP contribution >= 0.6 is 23.2 Å². The Morgan fingerprint density at radius 3 is 2.59 bits per heavy atom. The Bertz CT molecular complexity index is 1020. The second-order valence-corrected chi connectivity index (χ2v) is 8.96. The van der Waals surface area contributed by atoms with Crippen molar-refractivity contribution in [2.45, 2.75) is 46.6 Å². The molecule has 172 valence electrons. The summed E-state index contributed by atoms with van der Waals surface area (Å²) < 4.78 is 23.6. The first-order valence-corrected chi connectivity index (χ1v) is 11.2. The molecule has 2 aromatic carbocycles. The smallest absolute Gasteiger partial charge is 0.170 e. The number of halogens is 2. The van der Waals surface area contributed by atoms with Crippen molar-refractivity contribution in [2.24, 2.45) is 0 Å². The summed E-state index contributed by atoms with van der Waals surface area (Å²) in [4.78, 5) is 0. The van der Waals surface area contributed by atoms with Gasteiger partial charge in [0.1, 0.15) is 18.1 Å². The Balaban J connectivity index is 0.00000289. The van der Waals surface area contributed by atoms with E-state index in [1.54, 1.807) is 12.1 Å². The van der Waals surface area contributed by atoms with Crippen molar-refractivity contribution in [1.82, 2.24) is 0 Å². The van der Waals surface area contributed by atoms with Crippen molar-refractivity contribution < 1.29 is 18.9 Å². The first-order valence-electron chi connectivity index (χ1n) is 10.4. The van der Waals surface area contributed by atoms with Crippen LogP contribution in [-0.2, 0) is 0 Å². The number of allylic oxidation sites excluding steroid dienone is 1. The third-order valence-corrected chi connectivity index (χ3v) is 5.75.